The molecule has 110 valence electrons. The third-order valence-corrected chi connectivity index (χ3v) is 3.01. The highest BCUT2D eigenvalue weighted by Crippen LogP contribution is 2.12. The summed E-state index contributed by atoms with van der Waals surface area (Å²) in [5.41, 5.74) is 0. The van der Waals surface area contributed by atoms with Crippen LogP contribution in [0.2, 0.25) is 0 Å². The number of hydrogen-bond donors (Lipinski definition) is 2. The van der Waals surface area contributed by atoms with Gasteiger partial charge in [-0.2, -0.15) is 0 Å². The average Bonchev–Trinajstić information content (AvgIpc) is 2.25. The molecule has 1 unspecified atom stereocenters. The van der Waals surface area contributed by atoms with Crippen molar-refractivity contribution in [1.29, 1.82) is 0 Å². The maximum Gasteiger partial charge on any atom is 0.326 e. The average molecular weight is 272 g/mol. The summed E-state index contributed by atoms with van der Waals surface area (Å²) in [7, 11) is 0. The predicted molar refractivity (Wildman–Crippen MR) is 71.0 cm³/mol. The monoisotopic (exact) mass is 272 g/mol. The molecule has 1 heterocycles. The molecule has 6 heteroatoms. The Hall–Kier alpha value is -1.30. The lowest BCUT2D eigenvalue weighted by Crippen LogP contribution is -2.54. The van der Waals surface area contributed by atoms with Gasteiger partial charge in [0.25, 0.3) is 0 Å². The Kier molecular flexibility index (Phi) is 5.60. The summed E-state index contributed by atoms with van der Waals surface area (Å²) in [5, 5.41) is 11.7. The molecule has 2 N–H and O–H groups in total. The lowest BCUT2D eigenvalue weighted by atomic mass is 10.0. The van der Waals surface area contributed by atoms with Crippen LogP contribution in [0.25, 0.3) is 0 Å². The molecular formula is C13H24N2O4. The Morgan fingerprint density at radius 2 is 1.84 bits per heavy atom. The van der Waals surface area contributed by atoms with Gasteiger partial charge in [-0.15, -0.1) is 0 Å². The van der Waals surface area contributed by atoms with Gasteiger partial charge in [0.1, 0.15) is 6.04 Å². The summed E-state index contributed by atoms with van der Waals surface area (Å²) >= 11 is 0. The van der Waals surface area contributed by atoms with Crippen LogP contribution < -0.4 is 5.32 Å². The second-order valence-corrected chi connectivity index (χ2v) is 5.63. The highest BCUT2D eigenvalue weighted by Gasteiger charge is 2.29. The lowest BCUT2D eigenvalue weighted by molar-refractivity contribution is -0.139. The van der Waals surface area contributed by atoms with Crippen molar-refractivity contribution in [2.45, 2.75) is 52.4 Å². The van der Waals surface area contributed by atoms with E-state index in [1.54, 1.807) is 4.90 Å². The Balaban J connectivity index is 2.58. The maximum atomic E-state index is 12.1. The second-order valence-electron chi connectivity index (χ2n) is 5.63. The number of nitrogens with zero attached hydrogens (tertiary/aromatic N) is 1. The number of hydrogen-bond acceptors (Lipinski definition) is 3. The van der Waals surface area contributed by atoms with Crippen molar-refractivity contribution in [3.05, 3.63) is 0 Å². The number of nitrogens with one attached hydrogen (secondary N) is 1. The molecule has 0 aromatic heterocycles. The first-order chi connectivity index (χ1) is 8.79. The molecule has 0 bridgehead atoms. The van der Waals surface area contributed by atoms with Crippen LogP contribution in [-0.2, 0) is 9.53 Å². The molecule has 6 nitrogen and oxygen atoms in total. The fraction of sp³-hybridized carbons (Fsp3) is 0.846. The van der Waals surface area contributed by atoms with Crippen molar-refractivity contribution in [1.82, 2.24) is 10.2 Å². The molecule has 0 radical (unpaired) electrons. The summed E-state index contributed by atoms with van der Waals surface area (Å²) in [6, 6.07) is -1.16. The zero-order chi connectivity index (χ0) is 14.6. The molecular weight excluding hydrogens is 248 g/mol. The number of morpholine rings is 1. The van der Waals surface area contributed by atoms with Crippen molar-refractivity contribution in [2.75, 3.05) is 13.1 Å². The van der Waals surface area contributed by atoms with E-state index in [4.69, 9.17) is 9.84 Å². The molecule has 0 aromatic carbocycles. The Bertz CT molecular complexity index is 323. The van der Waals surface area contributed by atoms with Gasteiger partial charge in [-0.1, -0.05) is 13.8 Å². The number of carbonyl (C=O) groups excluding carboxylic acids is 1. The molecule has 1 rings (SSSR count). The highest BCUT2D eigenvalue weighted by atomic mass is 16.5. The van der Waals surface area contributed by atoms with Crippen molar-refractivity contribution in [3.8, 4) is 0 Å². The first-order valence-electron chi connectivity index (χ1n) is 6.73. The largest absolute Gasteiger partial charge is 0.480 e. The van der Waals surface area contributed by atoms with Gasteiger partial charge in [-0.25, -0.2) is 9.59 Å². The van der Waals surface area contributed by atoms with Crippen LogP contribution >= 0.6 is 0 Å². The highest BCUT2D eigenvalue weighted by molar-refractivity contribution is 5.82. The SMILES string of the molecule is CC(C)CC(NC(=O)N1C[C@@H](C)O[C@@H](C)C1)C(=O)O. The van der Waals surface area contributed by atoms with Crippen LogP contribution in [0, 0.1) is 5.92 Å². The number of carbonyl (C=O) groups is 2. The van der Waals surface area contributed by atoms with Crippen LogP contribution in [0.3, 0.4) is 0 Å². The minimum atomic E-state index is -0.989. The zero-order valence-corrected chi connectivity index (χ0v) is 12.0. The van der Waals surface area contributed by atoms with Gasteiger partial charge in [-0.3, -0.25) is 0 Å². The van der Waals surface area contributed by atoms with Gasteiger partial charge in [-0.05, 0) is 26.2 Å². The standard InChI is InChI=1S/C13H24N2O4/c1-8(2)5-11(12(16)17)14-13(18)15-6-9(3)19-10(4)7-15/h8-11H,5-7H2,1-4H3,(H,14,18)(H,16,17)/t9-,10+,11?. The van der Waals surface area contributed by atoms with Gasteiger partial charge >= 0.3 is 12.0 Å². The second kappa shape index (κ2) is 6.75. The Morgan fingerprint density at radius 1 is 1.32 bits per heavy atom. The topological polar surface area (TPSA) is 78.9 Å². The summed E-state index contributed by atoms with van der Waals surface area (Å²) in [4.78, 5) is 24.8. The van der Waals surface area contributed by atoms with Gasteiger partial charge in [0.15, 0.2) is 0 Å². The zero-order valence-electron chi connectivity index (χ0n) is 12.0. The smallest absolute Gasteiger partial charge is 0.326 e. The first-order valence-corrected chi connectivity index (χ1v) is 6.73. The van der Waals surface area contributed by atoms with Crippen LogP contribution in [0.4, 0.5) is 4.79 Å². The van der Waals surface area contributed by atoms with E-state index in [-0.39, 0.29) is 24.2 Å². The van der Waals surface area contributed by atoms with E-state index in [9.17, 15) is 9.59 Å². The molecule has 1 aliphatic rings. The minimum absolute atomic E-state index is 0.0251. The van der Waals surface area contributed by atoms with E-state index in [2.05, 4.69) is 5.32 Å². The van der Waals surface area contributed by atoms with Gasteiger partial charge in [0.2, 0.25) is 0 Å². The number of carboxylic acid groups (broad SMARTS) is 1. The predicted octanol–water partition coefficient (Wildman–Crippen LogP) is 1.30. The molecule has 0 spiro atoms. The van der Waals surface area contributed by atoms with Crippen LogP contribution in [0.5, 0.6) is 0 Å². The van der Waals surface area contributed by atoms with Crippen LogP contribution in [0.15, 0.2) is 0 Å². The number of rotatable bonds is 4. The van der Waals surface area contributed by atoms with Gasteiger partial charge in [0, 0.05) is 13.1 Å². The molecule has 1 fully saturated rings. The molecule has 1 aliphatic heterocycles. The molecule has 1 saturated heterocycles. The summed E-state index contributed by atoms with van der Waals surface area (Å²) < 4.78 is 5.55. The molecule has 2 amide bonds. The first kappa shape index (κ1) is 15.8. The van der Waals surface area contributed by atoms with Crippen LogP contribution in [-0.4, -0.2) is 53.3 Å². The van der Waals surface area contributed by atoms with Gasteiger partial charge in [0.05, 0.1) is 12.2 Å². The van der Waals surface area contributed by atoms with Crippen molar-refractivity contribution >= 4 is 12.0 Å². The quantitative estimate of drug-likeness (QED) is 0.808. The summed E-state index contributed by atoms with van der Waals surface area (Å²) in [5.74, 6) is -0.777. The number of amides is 2. The van der Waals surface area contributed by atoms with E-state index in [0.29, 0.717) is 19.5 Å². The third kappa shape index (κ3) is 5.06. The number of urea groups is 1. The third-order valence-electron chi connectivity index (χ3n) is 3.01. The summed E-state index contributed by atoms with van der Waals surface area (Å²) in [6.45, 7) is 8.65. The lowest BCUT2D eigenvalue weighted by Gasteiger charge is -2.35. The van der Waals surface area contributed by atoms with E-state index >= 15 is 0 Å². The molecule has 0 saturated carbocycles. The number of aliphatic carboxylic acids is 1. The molecule has 3 atom stereocenters. The molecule has 0 aromatic rings. The van der Waals surface area contributed by atoms with Crippen molar-refractivity contribution < 1.29 is 19.4 Å². The van der Waals surface area contributed by atoms with Gasteiger partial charge < -0.3 is 20.1 Å². The normalized spacial score (nSPS) is 25.2. The maximum absolute atomic E-state index is 12.1. The molecule has 0 aliphatic carbocycles. The van der Waals surface area contributed by atoms with E-state index in [1.807, 2.05) is 27.7 Å². The van der Waals surface area contributed by atoms with E-state index in [0.717, 1.165) is 0 Å². The van der Waals surface area contributed by atoms with Crippen molar-refractivity contribution in [2.24, 2.45) is 5.92 Å². The van der Waals surface area contributed by atoms with Crippen molar-refractivity contribution in [3.63, 3.8) is 0 Å². The Morgan fingerprint density at radius 3 is 2.26 bits per heavy atom. The fourth-order valence-electron chi connectivity index (χ4n) is 2.28. The van der Waals surface area contributed by atoms with Crippen LogP contribution in [0.1, 0.15) is 34.1 Å². The molecule has 19 heavy (non-hydrogen) atoms. The minimum Gasteiger partial charge on any atom is -0.480 e. The van der Waals surface area contributed by atoms with E-state index < -0.39 is 12.0 Å². The summed E-state index contributed by atoms with van der Waals surface area (Å²) in [6.07, 6.45) is 0.377. The number of carboxylic acids is 1. The fourth-order valence-corrected chi connectivity index (χ4v) is 2.28. The van der Waals surface area contributed by atoms with E-state index in [1.165, 1.54) is 0 Å². The number of ether oxygens (including phenoxy) is 1. The Labute approximate surface area is 114 Å².